The van der Waals surface area contributed by atoms with Gasteiger partial charge in [-0.1, -0.05) is 6.92 Å². The quantitative estimate of drug-likeness (QED) is 0.866. The maximum atomic E-state index is 12.6. The number of nitrogens with zero attached hydrogens (tertiary/aromatic N) is 1. The summed E-state index contributed by atoms with van der Waals surface area (Å²) in [5, 5.41) is 4.92. The molecule has 2 atom stereocenters. The van der Waals surface area contributed by atoms with Gasteiger partial charge in [0.25, 0.3) is 0 Å². The summed E-state index contributed by atoms with van der Waals surface area (Å²) < 4.78 is 32.1. The molecule has 0 saturated carbocycles. The molecule has 2 heterocycles. The number of thiophene rings is 1. The minimum Gasteiger partial charge on any atom is -0.377 e. The first-order valence-corrected chi connectivity index (χ1v) is 9.16. The molecule has 2 unspecified atom stereocenters. The monoisotopic (exact) mass is 318 g/mol. The summed E-state index contributed by atoms with van der Waals surface area (Å²) in [5.74, 6) is 0. The summed E-state index contributed by atoms with van der Waals surface area (Å²) in [7, 11) is -1.78. The molecule has 0 aliphatic carbocycles. The maximum absolute atomic E-state index is 12.6. The van der Waals surface area contributed by atoms with E-state index in [1.54, 1.807) is 18.5 Å². The van der Waals surface area contributed by atoms with Crippen LogP contribution in [0, 0.1) is 0 Å². The Morgan fingerprint density at radius 2 is 2.30 bits per heavy atom. The standard InChI is InChI=1S/C13H22N2O3S2/c1-4-14-8-11-7-12(9-19-11)20(16,17)15(3)13-5-6-18-10(13)2/h7,9-10,13-14H,4-6,8H2,1-3H3. The number of hydrogen-bond acceptors (Lipinski definition) is 5. The first-order chi connectivity index (χ1) is 9.46. The van der Waals surface area contributed by atoms with E-state index in [9.17, 15) is 8.42 Å². The van der Waals surface area contributed by atoms with Gasteiger partial charge in [0.2, 0.25) is 10.0 Å². The zero-order valence-electron chi connectivity index (χ0n) is 12.1. The second kappa shape index (κ2) is 6.53. The predicted octanol–water partition coefficient (Wildman–Crippen LogP) is 1.66. The van der Waals surface area contributed by atoms with Crippen molar-refractivity contribution in [1.82, 2.24) is 9.62 Å². The highest BCUT2D eigenvalue weighted by Crippen LogP contribution is 2.27. The van der Waals surface area contributed by atoms with Gasteiger partial charge in [-0.3, -0.25) is 0 Å². The maximum Gasteiger partial charge on any atom is 0.243 e. The summed E-state index contributed by atoms with van der Waals surface area (Å²) in [5.41, 5.74) is 0. The van der Waals surface area contributed by atoms with Crippen molar-refractivity contribution < 1.29 is 13.2 Å². The van der Waals surface area contributed by atoms with Crippen molar-refractivity contribution in [1.29, 1.82) is 0 Å². The van der Waals surface area contributed by atoms with Gasteiger partial charge in [-0.05, 0) is 26.0 Å². The zero-order valence-corrected chi connectivity index (χ0v) is 13.8. The summed E-state index contributed by atoms with van der Waals surface area (Å²) in [6, 6.07) is 1.69. The van der Waals surface area contributed by atoms with Crippen LogP contribution in [0.2, 0.25) is 0 Å². The average molecular weight is 318 g/mol. The van der Waals surface area contributed by atoms with Crippen molar-refractivity contribution in [2.75, 3.05) is 20.2 Å². The van der Waals surface area contributed by atoms with Crippen LogP contribution in [-0.2, 0) is 21.3 Å². The molecule has 1 aliphatic rings. The topological polar surface area (TPSA) is 58.6 Å². The molecule has 1 fully saturated rings. The Hall–Kier alpha value is -0.470. The predicted molar refractivity (Wildman–Crippen MR) is 80.5 cm³/mol. The Kier molecular flexibility index (Phi) is 5.19. The van der Waals surface area contributed by atoms with E-state index in [-0.39, 0.29) is 12.1 Å². The van der Waals surface area contributed by atoms with Gasteiger partial charge in [0, 0.05) is 30.5 Å². The van der Waals surface area contributed by atoms with Crippen LogP contribution in [0.25, 0.3) is 0 Å². The van der Waals surface area contributed by atoms with E-state index < -0.39 is 10.0 Å². The lowest BCUT2D eigenvalue weighted by atomic mass is 10.2. The van der Waals surface area contributed by atoms with Crippen LogP contribution in [0.3, 0.4) is 0 Å². The molecule has 5 nitrogen and oxygen atoms in total. The van der Waals surface area contributed by atoms with Gasteiger partial charge in [-0.2, -0.15) is 4.31 Å². The third-order valence-electron chi connectivity index (χ3n) is 3.66. The molecular formula is C13H22N2O3S2. The van der Waals surface area contributed by atoms with Gasteiger partial charge in [0.1, 0.15) is 0 Å². The minimum atomic E-state index is -3.42. The molecule has 0 bridgehead atoms. The van der Waals surface area contributed by atoms with Crippen LogP contribution in [0.15, 0.2) is 16.3 Å². The van der Waals surface area contributed by atoms with E-state index in [1.165, 1.54) is 15.6 Å². The van der Waals surface area contributed by atoms with Crippen LogP contribution in [0.5, 0.6) is 0 Å². The number of nitrogens with one attached hydrogen (secondary N) is 1. The Morgan fingerprint density at radius 3 is 2.90 bits per heavy atom. The number of rotatable bonds is 6. The molecule has 0 spiro atoms. The number of hydrogen-bond donors (Lipinski definition) is 1. The lowest BCUT2D eigenvalue weighted by molar-refractivity contribution is 0.102. The van der Waals surface area contributed by atoms with Crippen molar-refractivity contribution >= 4 is 21.4 Å². The summed E-state index contributed by atoms with van der Waals surface area (Å²) in [6.45, 7) is 6.16. The van der Waals surface area contributed by atoms with Gasteiger partial charge in [0.05, 0.1) is 17.0 Å². The van der Waals surface area contributed by atoms with Crippen molar-refractivity contribution in [2.24, 2.45) is 0 Å². The van der Waals surface area contributed by atoms with Gasteiger partial charge in [0.15, 0.2) is 0 Å². The summed E-state index contributed by atoms with van der Waals surface area (Å²) >= 11 is 1.48. The van der Waals surface area contributed by atoms with E-state index in [0.29, 0.717) is 18.0 Å². The molecule has 0 aromatic carbocycles. The molecule has 0 radical (unpaired) electrons. The molecule has 1 aliphatic heterocycles. The lowest BCUT2D eigenvalue weighted by Crippen LogP contribution is -2.40. The second-order valence-corrected chi connectivity index (χ2v) is 7.98. The van der Waals surface area contributed by atoms with Gasteiger partial charge in [-0.25, -0.2) is 8.42 Å². The van der Waals surface area contributed by atoms with E-state index >= 15 is 0 Å². The fraction of sp³-hybridized carbons (Fsp3) is 0.692. The fourth-order valence-corrected chi connectivity index (χ4v) is 5.06. The molecule has 1 N–H and O–H groups in total. The number of sulfonamides is 1. The average Bonchev–Trinajstić information content (AvgIpc) is 3.04. The SMILES string of the molecule is CCNCc1cc(S(=O)(=O)N(C)C2CCOC2C)cs1. The molecule has 20 heavy (non-hydrogen) atoms. The van der Waals surface area contributed by atoms with Crippen molar-refractivity contribution in [3.8, 4) is 0 Å². The molecule has 1 aromatic heterocycles. The highest BCUT2D eigenvalue weighted by Gasteiger charge is 2.35. The molecule has 1 aromatic rings. The molecule has 7 heteroatoms. The number of likely N-dealkylation sites (N-methyl/N-ethyl adjacent to an activating group) is 1. The van der Waals surface area contributed by atoms with Crippen molar-refractivity contribution in [3.63, 3.8) is 0 Å². The van der Waals surface area contributed by atoms with Crippen molar-refractivity contribution in [2.45, 2.75) is 43.9 Å². The Balaban J connectivity index is 2.15. The Labute approximate surface area is 125 Å². The van der Waals surface area contributed by atoms with Crippen LogP contribution in [0.1, 0.15) is 25.1 Å². The van der Waals surface area contributed by atoms with E-state index in [1.807, 2.05) is 13.8 Å². The minimum absolute atomic E-state index is 0.0466. The molecule has 2 rings (SSSR count). The molecular weight excluding hydrogens is 296 g/mol. The molecule has 1 saturated heterocycles. The van der Waals surface area contributed by atoms with Crippen LogP contribution < -0.4 is 5.32 Å². The van der Waals surface area contributed by atoms with Gasteiger partial charge < -0.3 is 10.1 Å². The zero-order chi connectivity index (χ0) is 14.8. The molecule has 114 valence electrons. The fourth-order valence-electron chi connectivity index (χ4n) is 2.38. The normalized spacial score (nSPS) is 23.6. The Bertz CT molecular complexity index is 542. The van der Waals surface area contributed by atoms with Crippen LogP contribution >= 0.6 is 11.3 Å². The van der Waals surface area contributed by atoms with E-state index in [0.717, 1.165) is 17.8 Å². The Morgan fingerprint density at radius 1 is 1.55 bits per heavy atom. The van der Waals surface area contributed by atoms with Crippen LogP contribution in [-0.4, -0.2) is 45.1 Å². The highest BCUT2D eigenvalue weighted by atomic mass is 32.2. The molecule has 0 amide bonds. The van der Waals surface area contributed by atoms with Gasteiger partial charge >= 0.3 is 0 Å². The largest absolute Gasteiger partial charge is 0.377 e. The number of ether oxygens (including phenoxy) is 1. The first-order valence-electron chi connectivity index (χ1n) is 6.84. The lowest BCUT2D eigenvalue weighted by Gasteiger charge is -2.25. The third kappa shape index (κ3) is 3.23. The van der Waals surface area contributed by atoms with Gasteiger partial charge in [-0.15, -0.1) is 11.3 Å². The summed E-state index contributed by atoms with van der Waals surface area (Å²) in [6.07, 6.45) is 0.709. The van der Waals surface area contributed by atoms with Crippen LogP contribution in [0.4, 0.5) is 0 Å². The first kappa shape index (κ1) is 15.9. The van der Waals surface area contributed by atoms with Crippen molar-refractivity contribution in [3.05, 3.63) is 16.3 Å². The third-order valence-corrected chi connectivity index (χ3v) is 6.61. The second-order valence-electron chi connectivity index (χ2n) is 4.98. The smallest absolute Gasteiger partial charge is 0.243 e. The van der Waals surface area contributed by atoms with E-state index in [2.05, 4.69) is 5.32 Å². The van der Waals surface area contributed by atoms with E-state index in [4.69, 9.17) is 4.74 Å². The highest BCUT2D eigenvalue weighted by molar-refractivity contribution is 7.89. The summed E-state index contributed by atoms with van der Waals surface area (Å²) in [4.78, 5) is 1.42.